The number of carbonyl (C=O) groups is 4. The Hall–Kier alpha value is -7.08. The van der Waals surface area contributed by atoms with Crippen LogP contribution in [0.15, 0.2) is 85.2 Å². The van der Waals surface area contributed by atoms with Gasteiger partial charge in [-0.15, -0.1) is 0 Å². The van der Waals surface area contributed by atoms with E-state index in [-0.39, 0.29) is 41.4 Å². The van der Waals surface area contributed by atoms with Crippen molar-refractivity contribution in [3.05, 3.63) is 125 Å². The van der Waals surface area contributed by atoms with Crippen LogP contribution >= 0.6 is 0 Å². The van der Waals surface area contributed by atoms with Gasteiger partial charge in [0.15, 0.2) is 0 Å². The van der Waals surface area contributed by atoms with Gasteiger partial charge >= 0.3 is 6.03 Å². The number of methoxy groups -OCH3 is 1. The van der Waals surface area contributed by atoms with Crippen LogP contribution in [0.4, 0.5) is 25.0 Å². The zero-order valence-electron chi connectivity index (χ0n) is 38.3. The molecule has 0 saturated carbocycles. The molecule has 0 unspecified atom stereocenters. The van der Waals surface area contributed by atoms with Gasteiger partial charge in [-0.3, -0.25) is 29.5 Å². The van der Waals surface area contributed by atoms with Gasteiger partial charge in [0.25, 0.3) is 11.8 Å². The predicted octanol–water partition coefficient (Wildman–Crippen LogP) is 7.14. The molecular weight excluding hydrogens is 873 g/mol. The average Bonchev–Trinajstić information content (AvgIpc) is 3.75. The van der Waals surface area contributed by atoms with Crippen LogP contribution in [-0.2, 0) is 16.9 Å². The van der Waals surface area contributed by atoms with Gasteiger partial charge in [0.05, 0.1) is 29.7 Å². The zero-order valence-corrected chi connectivity index (χ0v) is 38.3. The number of aromatic nitrogens is 3. The maximum atomic E-state index is 15.2. The third kappa shape index (κ3) is 9.54. The molecule has 0 radical (unpaired) electrons. The van der Waals surface area contributed by atoms with Gasteiger partial charge in [-0.2, -0.15) is 0 Å². The summed E-state index contributed by atoms with van der Waals surface area (Å²) in [7, 11) is 1.49. The van der Waals surface area contributed by atoms with Crippen molar-refractivity contribution >= 4 is 46.2 Å². The van der Waals surface area contributed by atoms with E-state index in [0.717, 1.165) is 69.4 Å². The van der Waals surface area contributed by atoms with E-state index in [1.165, 1.54) is 62.0 Å². The molecule has 4 aromatic carbocycles. The lowest BCUT2D eigenvalue weighted by molar-refractivity contribution is -0.120. The third-order valence-corrected chi connectivity index (χ3v) is 13.4. The van der Waals surface area contributed by atoms with Gasteiger partial charge in [-0.05, 0) is 123 Å². The van der Waals surface area contributed by atoms with Gasteiger partial charge in [0.1, 0.15) is 29.4 Å². The molecule has 0 atom stereocenters. The molecule has 6 aromatic rings. The fourth-order valence-electron chi connectivity index (χ4n) is 9.51. The molecular formula is C51H53F2N9O6. The second kappa shape index (κ2) is 18.5. The van der Waals surface area contributed by atoms with E-state index >= 15 is 8.78 Å². The molecule has 68 heavy (non-hydrogen) atoms. The van der Waals surface area contributed by atoms with Crippen LogP contribution in [0.5, 0.6) is 5.75 Å². The second-order valence-corrected chi connectivity index (χ2v) is 18.6. The number of H-pyrrole nitrogens is 1. The van der Waals surface area contributed by atoms with Crippen molar-refractivity contribution < 1.29 is 37.8 Å². The molecule has 5 N–H and O–H groups in total. The minimum absolute atomic E-state index is 0.164. The predicted molar refractivity (Wildman–Crippen MR) is 253 cm³/mol. The number of nitrogens with one attached hydrogen (secondary N) is 4. The van der Waals surface area contributed by atoms with Gasteiger partial charge in [0.2, 0.25) is 5.91 Å². The largest absolute Gasteiger partial charge is 0.495 e. The number of rotatable bonds is 13. The first-order chi connectivity index (χ1) is 32.6. The SMILES string of the molecule is COc1ccc(C(=O)NCCN2CC3(CCN(Cc4ccc(-c5cc6c(-c7cc(F)cc(NC(=O)c8ccc(C(C)(C)O)cc8F)c7C)ncnc6[nH]5)cc4)CC3)C2)cc1N1CCC(=O)NC1=O. The molecule has 2 aromatic heterocycles. The highest BCUT2D eigenvalue weighted by Gasteiger charge is 2.44. The van der Waals surface area contributed by atoms with Gasteiger partial charge in [-0.1, -0.05) is 30.3 Å². The normalized spacial score (nSPS) is 16.4. The number of fused-ring (bicyclic) bond motifs is 1. The summed E-state index contributed by atoms with van der Waals surface area (Å²) in [4.78, 5) is 69.1. The number of carbonyl (C=O) groups excluding carboxylic acids is 4. The van der Waals surface area contributed by atoms with Gasteiger partial charge in [0, 0.05) is 73.6 Å². The van der Waals surface area contributed by atoms with E-state index in [0.29, 0.717) is 57.0 Å². The Kier molecular flexibility index (Phi) is 12.6. The summed E-state index contributed by atoms with van der Waals surface area (Å²) in [6.07, 6.45) is 3.77. The summed E-state index contributed by atoms with van der Waals surface area (Å²) in [6.45, 7) is 11.0. The summed E-state index contributed by atoms with van der Waals surface area (Å²) < 4.78 is 35.6. The molecule has 5 amide bonds. The van der Waals surface area contributed by atoms with E-state index in [2.05, 4.69) is 65.0 Å². The number of piperidine rings is 1. The van der Waals surface area contributed by atoms with E-state index in [1.54, 1.807) is 25.1 Å². The van der Waals surface area contributed by atoms with Crippen LogP contribution < -0.4 is 25.6 Å². The molecule has 3 aliphatic heterocycles. The molecule has 17 heteroatoms. The standard InChI is InChI=1S/C51H53F2N9O6/c1-30-37(23-35(52)24-40(30)58-48(65)36-11-10-34(22-39(36)53)50(2,3)67)45-38-25-41(57-46(38)56-29-55-45)32-7-5-31(6-8-32)26-60-18-14-51(15-19-60)27-61(28-51)20-16-54-47(64)33-9-12-43(68-4)42(21-33)62-17-13-44(63)59-49(62)66/h5-12,21-25,29,67H,13-20,26-28H2,1-4H3,(H,54,64)(H,58,65)(H,55,56,57)(H,59,63,66). The molecule has 5 heterocycles. The zero-order chi connectivity index (χ0) is 47.9. The minimum atomic E-state index is -1.29. The molecule has 1 spiro atoms. The Morgan fingerprint density at radius 1 is 0.912 bits per heavy atom. The van der Waals surface area contributed by atoms with Crippen LogP contribution in [0.25, 0.3) is 33.5 Å². The molecule has 3 aliphatic rings. The first-order valence-corrected chi connectivity index (χ1v) is 22.7. The number of ether oxygens (including phenoxy) is 1. The number of hydrogen-bond acceptors (Lipinski definition) is 10. The number of nitrogens with zero attached hydrogens (tertiary/aromatic N) is 5. The van der Waals surface area contributed by atoms with Crippen LogP contribution in [0.3, 0.4) is 0 Å². The number of urea groups is 1. The molecule has 3 fully saturated rings. The lowest BCUT2D eigenvalue weighted by Gasteiger charge is -2.54. The van der Waals surface area contributed by atoms with Crippen LogP contribution in [-0.4, -0.2) is 107 Å². The maximum Gasteiger partial charge on any atom is 0.328 e. The molecule has 15 nitrogen and oxygen atoms in total. The van der Waals surface area contributed by atoms with Crippen LogP contribution in [0.2, 0.25) is 0 Å². The molecule has 0 aliphatic carbocycles. The average molecular weight is 926 g/mol. The quantitative estimate of drug-likeness (QED) is 0.0798. The number of anilines is 2. The Labute approximate surface area is 391 Å². The molecule has 352 valence electrons. The van der Waals surface area contributed by atoms with E-state index < -0.39 is 29.2 Å². The van der Waals surface area contributed by atoms with Crippen molar-refractivity contribution in [3.63, 3.8) is 0 Å². The number of hydrogen-bond donors (Lipinski definition) is 5. The number of benzene rings is 4. The molecule has 0 bridgehead atoms. The van der Waals surface area contributed by atoms with Crippen molar-refractivity contribution in [2.45, 2.75) is 52.2 Å². The number of imide groups is 1. The Balaban J connectivity index is 0.771. The summed E-state index contributed by atoms with van der Waals surface area (Å²) in [5.74, 6) is -2.31. The van der Waals surface area contributed by atoms with E-state index in [4.69, 9.17) is 4.74 Å². The highest BCUT2D eigenvalue weighted by molar-refractivity contribution is 6.07. The fraction of sp³-hybridized carbons (Fsp3) is 0.333. The number of aromatic amines is 1. The Morgan fingerprint density at radius 2 is 1.68 bits per heavy atom. The number of aliphatic hydroxyl groups is 1. The first-order valence-electron chi connectivity index (χ1n) is 22.7. The summed E-state index contributed by atoms with van der Waals surface area (Å²) in [5.41, 5.74) is 5.05. The van der Waals surface area contributed by atoms with Crippen LogP contribution in [0.1, 0.15) is 70.5 Å². The smallest absolute Gasteiger partial charge is 0.328 e. The minimum Gasteiger partial charge on any atom is -0.495 e. The van der Waals surface area contributed by atoms with Gasteiger partial charge < -0.3 is 30.4 Å². The summed E-state index contributed by atoms with van der Waals surface area (Å²) in [6, 6.07) is 21.2. The lowest BCUT2D eigenvalue weighted by Crippen LogP contribution is -2.61. The summed E-state index contributed by atoms with van der Waals surface area (Å²) >= 11 is 0. The van der Waals surface area contributed by atoms with Crippen molar-refractivity contribution in [1.29, 1.82) is 0 Å². The summed E-state index contributed by atoms with van der Waals surface area (Å²) in [5, 5.41) is 18.9. The van der Waals surface area contributed by atoms with Gasteiger partial charge in [-0.25, -0.2) is 23.5 Å². The number of halogens is 2. The second-order valence-electron chi connectivity index (χ2n) is 18.6. The van der Waals surface area contributed by atoms with Crippen LogP contribution in [0, 0.1) is 24.0 Å². The number of amides is 5. The molecule has 3 saturated heterocycles. The van der Waals surface area contributed by atoms with E-state index in [1.807, 2.05) is 6.07 Å². The monoisotopic (exact) mass is 925 g/mol. The van der Waals surface area contributed by atoms with Crippen molar-refractivity contribution in [3.8, 4) is 28.3 Å². The van der Waals surface area contributed by atoms with Crippen molar-refractivity contribution in [2.24, 2.45) is 5.41 Å². The number of likely N-dealkylation sites (tertiary alicyclic amines) is 2. The van der Waals surface area contributed by atoms with E-state index in [9.17, 15) is 24.3 Å². The Bertz CT molecular complexity index is 2940. The first kappa shape index (κ1) is 46.0. The lowest BCUT2D eigenvalue weighted by atomic mass is 9.72. The van der Waals surface area contributed by atoms with Crippen molar-refractivity contribution in [2.75, 3.05) is 63.1 Å². The Morgan fingerprint density at radius 3 is 2.38 bits per heavy atom. The topological polar surface area (TPSA) is 185 Å². The fourth-order valence-corrected chi connectivity index (χ4v) is 9.51. The highest BCUT2D eigenvalue weighted by Crippen LogP contribution is 2.41. The molecule has 9 rings (SSSR count). The highest BCUT2D eigenvalue weighted by atomic mass is 19.1. The van der Waals surface area contributed by atoms with Crippen molar-refractivity contribution in [1.82, 2.24) is 35.4 Å². The third-order valence-electron chi connectivity index (χ3n) is 13.4. The maximum absolute atomic E-state index is 15.2.